The van der Waals surface area contributed by atoms with Crippen molar-refractivity contribution in [1.82, 2.24) is 10.2 Å². The molecule has 0 aromatic heterocycles. The van der Waals surface area contributed by atoms with Crippen molar-refractivity contribution in [2.75, 3.05) is 17.4 Å². The summed E-state index contributed by atoms with van der Waals surface area (Å²) in [6, 6.07) is 20.0. The Bertz CT molecular complexity index is 1390. The SMILES string of the molecule is CC[C@H](C(=O)NC(C)(C)C)N(CCc1ccccc1)C(=O)CN(c1ccc(F)cc1)S(=O)(=O)c1ccc(C)cc1. The maximum absolute atomic E-state index is 14.0. The summed E-state index contributed by atoms with van der Waals surface area (Å²) in [5.74, 6) is -1.38. The molecule has 0 radical (unpaired) electrons. The van der Waals surface area contributed by atoms with E-state index < -0.39 is 39.9 Å². The summed E-state index contributed by atoms with van der Waals surface area (Å²) < 4.78 is 42.3. The second-order valence-electron chi connectivity index (χ2n) is 10.8. The molecule has 0 aliphatic carbocycles. The fourth-order valence-corrected chi connectivity index (χ4v) is 5.74. The number of carbonyl (C=O) groups is 2. The van der Waals surface area contributed by atoms with Crippen LogP contribution in [0.25, 0.3) is 0 Å². The lowest BCUT2D eigenvalue weighted by Crippen LogP contribution is -2.56. The van der Waals surface area contributed by atoms with E-state index in [4.69, 9.17) is 0 Å². The molecule has 0 saturated heterocycles. The van der Waals surface area contributed by atoms with Crippen LogP contribution in [0.2, 0.25) is 0 Å². The summed E-state index contributed by atoms with van der Waals surface area (Å²) >= 11 is 0. The summed E-state index contributed by atoms with van der Waals surface area (Å²) in [6.45, 7) is 8.89. The lowest BCUT2D eigenvalue weighted by Gasteiger charge is -2.34. The van der Waals surface area contributed by atoms with E-state index in [0.717, 1.165) is 27.6 Å². The van der Waals surface area contributed by atoms with Gasteiger partial charge in [0.15, 0.2) is 0 Å². The van der Waals surface area contributed by atoms with Gasteiger partial charge in [-0.15, -0.1) is 0 Å². The zero-order valence-electron chi connectivity index (χ0n) is 23.7. The number of hydrogen-bond donors (Lipinski definition) is 1. The average molecular weight is 568 g/mol. The van der Waals surface area contributed by atoms with E-state index in [-0.39, 0.29) is 23.0 Å². The Morgan fingerprint density at radius 3 is 2.08 bits per heavy atom. The number of amides is 2. The van der Waals surface area contributed by atoms with Crippen molar-refractivity contribution >= 4 is 27.5 Å². The molecule has 3 rings (SSSR count). The minimum atomic E-state index is -4.20. The Morgan fingerprint density at radius 1 is 0.925 bits per heavy atom. The molecule has 0 aliphatic heterocycles. The van der Waals surface area contributed by atoms with Crippen molar-refractivity contribution < 1.29 is 22.4 Å². The van der Waals surface area contributed by atoms with Gasteiger partial charge in [-0.3, -0.25) is 13.9 Å². The molecule has 214 valence electrons. The highest BCUT2D eigenvalue weighted by Crippen LogP contribution is 2.25. The number of rotatable bonds is 11. The van der Waals surface area contributed by atoms with Gasteiger partial charge in [-0.05, 0) is 82.5 Å². The molecule has 0 saturated carbocycles. The molecular formula is C31H38FN3O4S. The van der Waals surface area contributed by atoms with Crippen LogP contribution < -0.4 is 9.62 Å². The number of halogens is 1. The van der Waals surface area contributed by atoms with Crippen LogP contribution in [0.1, 0.15) is 45.2 Å². The predicted octanol–water partition coefficient (Wildman–Crippen LogP) is 5.09. The molecule has 0 heterocycles. The van der Waals surface area contributed by atoms with E-state index in [9.17, 15) is 22.4 Å². The summed E-state index contributed by atoms with van der Waals surface area (Å²) in [5, 5.41) is 2.95. The Morgan fingerprint density at radius 2 is 1.52 bits per heavy atom. The van der Waals surface area contributed by atoms with Crippen molar-refractivity contribution in [2.45, 2.75) is 63.9 Å². The smallest absolute Gasteiger partial charge is 0.264 e. The molecule has 0 bridgehead atoms. The van der Waals surface area contributed by atoms with Crippen molar-refractivity contribution in [2.24, 2.45) is 0 Å². The summed E-state index contributed by atoms with van der Waals surface area (Å²) in [4.78, 5) is 28.8. The molecule has 9 heteroatoms. The lowest BCUT2D eigenvalue weighted by atomic mass is 10.1. The van der Waals surface area contributed by atoms with Gasteiger partial charge in [-0.1, -0.05) is 55.0 Å². The van der Waals surface area contributed by atoms with Crippen LogP contribution in [-0.2, 0) is 26.0 Å². The zero-order chi connectivity index (χ0) is 29.5. The van der Waals surface area contributed by atoms with Crippen LogP contribution in [0.5, 0.6) is 0 Å². The van der Waals surface area contributed by atoms with Gasteiger partial charge < -0.3 is 10.2 Å². The van der Waals surface area contributed by atoms with Gasteiger partial charge in [0.05, 0.1) is 10.6 Å². The van der Waals surface area contributed by atoms with Gasteiger partial charge in [-0.2, -0.15) is 0 Å². The summed E-state index contributed by atoms with van der Waals surface area (Å²) in [6.07, 6.45) is 0.816. The molecule has 2 amide bonds. The fourth-order valence-electron chi connectivity index (χ4n) is 4.32. The Balaban J connectivity index is 2.01. The van der Waals surface area contributed by atoms with Crippen LogP contribution in [0.3, 0.4) is 0 Å². The Labute approximate surface area is 237 Å². The number of nitrogens with zero attached hydrogens (tertiary/aromatic N) is 2. The first kappa shape index (κ1) is 30.8. The monoisotopic (exact) mass is 567 g/mol. The standard InChI is InChI=1S/C31H38FN3O4S/c1-6-28(30(37)33-31(3,4)5)34(21-20-24-10-8-7-9-11-24)29(36)22-35(26-16-14-25(32)15-17-26)40(38,39)27-18-12-23(2)13-19-27/h7-19,28H,6,20-22H2,1-5H3,(H,33,37)/t28-/m1/s1. The highest BCUT2D eigenvalue weighted by Gasteiger charge is 2.34. The zero-order valence-corrected chi connectivity index (χ0v) is 24.5. The average Bonchev–Trinajstić information content (AvgIpc) is 2.90. The largest absolute Gasteiger partial charge is 0.350 e. The molecule has 0 aliphatic rings. The van der Waals surface area contributed by atoms with E-state index in [1.54, 1.807) is 12.1 Å². The summed E-state index contributed by atoms with van der Waals surface area (Å²) in [5.41, 5.74) is 1.48. The molecule has 3 aromatic rings. The predicted molar refractivity (Wildman–Crippen MR) is 156 cm³/mol. The van der Waals surface area contributed by atoms with E-state index in [1.807, 2.05) is 65.0 Å². The first-order valence-corrected chi connectivity index (χ1v) is 14.8. The molecule has 40 heavy (non-hydrogen) atoms. The molecule has 7 nitrogen and oxygen atoms in total. The number of carbonyl (C=O) groups excluding carboxylic acids is 2. The number of sulfonamides is 1. The third-order valence-corrected chi connectivity index (χ3v) is 8.16. The van der Waals surface area contributed by atoms with Crippen LogP contribution in [-0.4, -0.2) is 49.8 Å². The van der Waals surface area contributed by atoms with Gasteiger partial charge >= 0.3 is 0 Å². The van der Waals surface area contributed by atoms with E-state index >= 15 is 0 Å². The second-order valence-corrected chi connectivity index (χ2v) is 12.6. The first-order valence-electron chi connectivity index (χ1n) is 13.3. The number of aryl methyl sites for hydroxylation is 1. The van der Waals surface area contributed by atoms with Gasteiger partial charge in [0.2, 0.25) is 11.8 Å². The van der Waals surface area contributed by atoms with E-state index in [1.165, 1.54) is 29.2 Å². The fraction of sp³-hybridized carbons (Fsp3) is 0.355. The minimum Gasteiger partial charge on any atom is -0.350 e. The lowest BCUT2D eigenvalue weighted by molar-refractivity contribution is -0.140. The van der Waals surface area contributed by atoms with E-state index in [2.05, 4.69) is 5.32 Å². The molecule has 1 atom stereocenters. The van der Waals surface area contributed by atoms with Crippen LogP contribution in [0, 0.1) is 12.7 Å². The normalized spacial score (nSPS) is 12.4. The molecular weight excluding hydrogens is 529 g/mol. The highest BCUT2D eigenvalue weighted by molar-refractivity contribution is 7.92. The van der Waals surface area contributed by atoms with Crippen molar-refractivity contribution in [3.05, 3.63) is 95.8 Å². The van der Waals surface area contributed by atoms with Crippen LogP contribution >= 0.6 is 0 Å². The molecule has 0 spiro atoms. The van der Waals surface area contributed by atoms with Crippen molar-refractivity contribution in [1.29, 1.82) is 0 Å². The topological polar surface area (TPSA) is 86.8 Å². The Kier molecular flexibility index (Phi) is 10.1. The maximum atomic E-state index is 14.0. The third kappa shape index (κ3) is 8.14. The van der Waals surface area contributed by atoms with Gasteiger partial charge in [0.1, 0.15) is 18.4 Å². The number of anilines is 1. The molecule has 0 fully saturated rings. The van der Waals surface area contributed by atoms with Crippen molar-refractivity contribution in [3.63, 3.8) is 0 Å². The van der Waals surface area contributed by atoms with Crippen LogP contribution in [0.15, 0.2) is 83.8 Å². The number of hydrogen-bond acceptors (Lipinski definition) is 4. The minimum absolute atomic E-state index is 0.00331. The van der Waals surface area contributed by atoms with Gasteiger partial charge in [0.25, 0.3) is 10.0 Å². The summed E-state index contributed by atoms with van der Waals surface area (Å²) in [7, 11) is -4.20. The second kappa shape index (κ2) is 13.1. The Hall–Kier alpha value is -3.72. The first-order chi connectivity index (χ1) is 18.8. The molecule has 1 N–H and O–H groups in total. The number of benzene rings is 3. The van der Waals surface area contributed by atoms with Gasteiger partial charge in [0, 0.05) is 12.1 Å². The molecule has 0 unspecified atom stereocenters. The van der Waals surface area contributed by atoms with E-state index in [0.29, 0.717) is 12.8 Å². The third-order valence-electron chi connectivity index (χ3n) is 6.37. The molecule has 3 aromatic carbocycles. The maximum Gasteiger partial charge on any atom is 0.264 e. The van der Waals surface area contributed by atoms with Crippen LogP contribution in [0.4, 0.5) is 10.1 Å². The highest BCUT2D eigenvalue weighted by atomic mass is 32.2. The van der Waals surface area contributed by atoms with Crippen molar-refractivity contribution in [3.8, 4) is 0 Å². The number of nitrogens with one attached hydrogen (secondary N) is 1. The van der Waals surface area contributed by atoms with Gasteiger partial charge in [-0.25, -0.2) is 12.8 Å². The quantitative estimate of drug-likeness (QED) is 0.350.